The van der Waals surface area contributed by atoms with Crippen LogP contribution in [0.2, 0.25) is 0 Å². The summed E-state index contributed by atoms with van der Waals surface area (Å²) >= 11 is 0. The third kappa shape index (κ3) is 0.769. The van der Waals surface area contributed by atoms with Crippen molar-refractivity contribution in [3.05, 3.63) is 0 Å². The van der Waals surface area contributed by atoms with Crippen molar-refractivity contribution in [2.45, 2.75) is 24.4 Å². The Hall–Kier alpha value is -0.160. The van der Waals surface area contributed by atoms with Crippen molar-refractivity contribution in [1.29, 1.82) is 0 Å². The number of hydrogen-bond acceptors (Lipinski definition) is 4. The van der Waals surface area contributed by atoms with Crippen LogP contribution in [-0.2, 0) is 9.47 Å². The summed E-state index contributed by atoms with van der Waals surface area (Å²) in [6.07, 6.45) is -1.70. The molecular formula is C6H10O4. The molecule has 2 aliphatic heterocycles. The molecule has 4 heteroatoms. The Bertz CT molecular complexity index is 122. The quantitative estimate of drug-likeness (QED) is 0.415. The van der Waals surface area contributed by atoms with Gasteiger partial charge in [-0.3, -0.25) is 0 Å². The fourth-order valence-electron chi connectivity index (χ4n) is 1.46. The molecule has 2 saturated heterocycles. The average molecular weight is 152 g/mol. The van der Waals surface area contributed by atoms with Crippen LogP contribution >= 0.6 is 0 Å². The smallest absolute Gasteiger partial charge is 0.114 e. The van der Waals surface area contributed by atoms with Gasteiger partial charge in [0.25, 0.3) is 0 Å². The van der Waals surface area contributed by atoms with Gasteiger partial charge in [-0.15, -0.1) is 0 Å². The lowest BCUT2D eigenvalue weighted by molar-refractivity contribution is 0.00205. The molecule has 0 aromatic rings. The van der Waals surface area contributed by atoms with Crippen molar-refractivity contribution in [1.82, 2.24) is 0 Å². The van der Waals surface area contributed by atoms with Crippen molar-refractivity contribution in [3.8, 4) is 0 Å². The first kappa shape index (κ1) is 6.54. The van der Waals surface area contributed by atoms with Gasteiger partial charge in [0.1, 0.15) is 24.4 Å². The number of ether oxygens (including phenoxy) is 2. The second-order valence-corrected chi connectivity index (χ2v) is 2.73. The van der Waals surface area contributed by atoms with Crippen LogP contribution in [0.1, 0.15) is 0 Å². The molecule has 0 radical (unpaired) electrons. The molecule has 2 unspecified atom stereocenters. The zero-order chi connectivity index (χ0) is 7.14. The molecule has 0 aromatic carbocycles. The van der Waals surface area contributed by atoms with E-state index in [0.717, 1.165) is 0 Å². The van der Waals surface area contributed by atoms with Gasteiger partial charge < -0.3 is 19.7 Å². The number of rotatable bonds is 0. The zero-order valence-electron chi connectivity index (χ0n) is 5.43. The summed E-state index contributed by atoms with van der Waals surface area (Å²) in [4.78, 5) is 0. The van der Waals surface area contributed by atoms with Gasteiger partial charge in [0.05, 0.1) is 13.2 Å². The monoisotopic (exact) mass is 152 g/mol. The summed E-state index contributed by atoms with van der Waals surface area (Å²) in [5.74, 6) is 0. The summed E-state index contributed by atoms with van der Waals surface area (Å²) in [6, 6.07) is 0. The standard InChI is InChI=1S/C6H10O4/c7-3-1-9-6-4(8)2-10-5(3)6/h3-8H,1-2H2/t3-,4+,5?,6?/i1+1,2+1,3+1,4+1,5+1,6+1. The van der Waals surface area contributed by atoms with E-state index in [1.807, 2.05) is 0 Å². The first-order valence-corrected chi connectivity index (χ1v) is 3.38. The van der Waals surface area contributed by atoms with E-state index >= 15 is 0 Å². The molecule has 2 N–H and O–H groups in total. The van der Waals surface area contributed by atoms with Gasteiger partial charge in [-0.05, 0) is 0 Å². The minimum absolute atomic E-state index is 0.284. The second kappa shape index (κ2) is 2.17. The Morgan fingerprint density at radius 2 is 1.30 bits per heavy atom. The average Bonchev–Trinajstić information content (AvgIpc) is 2.41. The van der Waals surface area contributed by atoms with Crippen molar-refractivity contribution >= 4 is 0 Å². The normalized spacial score (nSPS) is 53.4. The fourth-order valence-corrected chi connectivity index (χ4v) is 1.46. The molecule has 0 aromatic heterocycles. The third-order valence-electron chi connectivity index (χ3n) is 2.00. The SMILES string of the molecule is O[13C@@H]1[13CH2]O[13CH]2[13CH]1O[13CH2][13C@@H]2O. The summed E-state index contributed by atoms with van der Waals surface area (Å²) in [7, 11) is 0. The van der Waals surface area contributed by atoms with Crippen molar-refractivity contribution < 1.29 is 19.7 Å². The van der Waals surface area contributed by atoms with Gasteiger partial charge in [-0.1, -0.05) is 0 Å². The Morgan fingerprint density at radius 1 is 0.900 bits per heavy atom. The van der Waals surface area contributed by atoms with E-state index in [2.05, 4.69) is 0 Å². The van der Waals surface area contributed by atoms with E-state index in [0.29, 0.717) is 0 Å². The molecule has 4 atom stereocenters. The lowest BCUT2D eigenvalue weighted by Gasteiger charge is -2.09. The van der Waals surface area contributed by atoms with E-state index in [1.54, 1.807) is 0 Å². The first-order valence-electron chi connectivity index (χ1n) is 3.38. The molecule has 0 amide bonds. The highest BCUT2D eigenvalue weighted by Gasteiger charge is 2.46. The molecule has 2 fully saturated rings. The molecule has 2 rings (SSSR count). The van der Waals surface area contributed by atoms with Crippen LogP contribution in [0.25, 0.3) is 0 Å². The van der Waals surface area contributed by atoms with Gasteiger partial charge in [0.2, 0.25) is 0 Å². The van der Waals surface area contributed by atoms with Crippen LogP contribution in [0.4, 0.5) is 0 Å². The summed E-state index contributed by atoms with van der Waals surface area (Å²) in [6.45, 7) is 0.568. The molecule has 58 valence electrons. The first-order chi connectivity index (χ1) is 4.79. The molecule has 2 heterocycles. The summed E-state index contributed by atoms with van der Waals surface area (Å²) in [5.41, 5.74) is 0. The van der Waals surface area contributed by atoms with Crippen LogP contribution in [0.3, 0.4) is 0 Å². The largest absolute Gasteiger partial charge is 0.388 e. The van der Waals surface area contributed by atoms with Crippen molar-refractivity contribution in [2.24, 2.45) is 0 Å². The summed E-state index contributed by atoms with van der Waals surface area (Å²) < 4.78 is 10.2. The predicted molar refractivity (Wildman–Crippen MR) is 31.5 cm³/mol. The third-order valence-corrected chi connectivity index (χ3v) is 2.00. The Morgan fingerprint density at radius 3 is 1.70 bits per heavy atom. The molecule has 4 nitrogen and oxygen atoms in total. The van der Waals surface area contributed by atoms with Gasteiger partial charge in [-0.2, -0.15) is 0 Å². The molecule has 0 bridgehead atoms. The van der Waals surface area contributed by atoms with Crippen LogP contribution in [0.5, 0.6) is 0 Å². The summed E-state index contributed by atoms with van der Waals surface area (Å²) in [5, 5.41) is 18.3. The maximum atomic E-state index is 9.16. The minimum Gasteiger partial charge on any atom is -0.388 e. The van der Waals surface area contributed by atoms with Gasteiger partial charge in [-0.25, -0.2) is 0 Å². The van der Waals surface area contributed by atoms with E-state index in [4.69, 9.17) is 19.7 Å². The number of aliphatic hydroxyl groups is 2. The second-order valence-electron chi connectivity index (χ2n) is 2.73. The fraction of sp³-hybridized carbons (Fsp3) is 1.00. The van der Waals surface area contributed by atoms with Crippen LogP contribution in [0.15, 0.2) is 0 Å². The van der Waals surface area contributed by atoms with E-state index in [9.17, 15) is 0 Å². The molecular weight excluding hydrogens is 142 g/mol. The Kier molecular flexibility index (Phi) is 1.42. The number of aliphatic hydroxyl groups excluding tert-OH is 2. The van der Waals surface area contributed by atoms with E-state index < -0.39 is 12.2 Å². The molecule has 0 saturated carbocycles. The van der Waals surface area contributed by atoms with E-state index in [-0.39, 0.29) is 25.4 Å². The van der Waals surface area contributed by atoms with Crippen LogP contribution < -0.4 is 0 Å². The lowest BCUT2D eigenvalue weighted by Crippen LogP contribution is -2.30. The van der Waals surface area contributed by atoms with Crippen LogP contribution in [0, 0.1) is 0 Å². The number of hydrogen-bond donors (Lipinski definition) is 2. The highest BCUT2D eigenvalue weighted by atomic mass is 16.8. The highest BCUT2D eigenvalue weighted by molar-refractivity contribution is 4.93. The van der Waals surface area contributed by atoms with E-state index in [1.165, 1.54) is 0 Å². The molecule has 0 aliphatic carbocycles. The van der Waals surface area contributed by atoms with Gasteiger partial charge in [0.15, 0.2) is 0 Å². The Labute approximate surface area is 58.4 Å². The van der Waals surface area contributed by atoms with Gasteiger partial charge in [0, 0.05) is 0 Å². The highest BCUT2D eigenvalue weighted by Crippen LogP contribution is 2.26. The van der Waals surface area contributed by atoms with Crippen LogP contribution in [-0.4, -0.2) is 47.8 Å². The molecule has 10 heavy (non-hydrogen) atoms. The maximum absolute atomic E-state index is 9.16. The van der Waals surface area contributed by atoms with Gasteiger partial charge >= 0.3 is 0 Å². The lowest BCUT2D eigenvalue weighted by atomic mass is 11.1. The maximum Gasteiger partial charge on any atom is 0.114 e. The van der Waals surface area contributed by atoms with Crippen molar-refractivity contribution in [2.75, 3.05) is 13.2 Å². The minimum atomic E-state index is -0.554. The zero-order valence-corrected chi connectivity index (χ0v) is 5.43. The molecule has 2 aliphatic rings. The predicted octanol–water partition coefficient (Wildman–Crippen LogP) is -1.49. The topological polar surface area (TPSA) is 58.9 Å². The van der Waals surface area contributed by atoms with Crippen molar-refractivity contribution in [3.63, 3.8) is 0 Å². The number of fused-ring (bicyclic) bond motifs is 1. The Balaban J connectivity index is 2.09. The molecule has 0 spiro atoms.